The number of benzene rings is 1. The summed E-state index contributed by atoms with van der Waals surface area (Å²) in [5, 5.41) is 0.768. The summed E-state index contributed by atoms with van der Waals surface area (Å²) >= 11 is 0. The van der Waals surface area contributed by atoms with Crippen LogP contribution in [-0.2, 0) is 4.74 Å². The Hall–Kier alpha value is -1.43. The Kier molecular flexibility index (Phi) is 2.80. The molecular formula is C15H17FN2O2. The zero-order valence-corrected chi connectivity index (χ0v) is 11.0. The van der Waals surface area contributed by atoms with Crippen LogP contribution < -0.4 is 11.3 Å². The topological polar surface area (TPSA) is 60.4 Å². The SMILES string of the molecule is NNC(c1cc2cc(F)ccc2o1)C1CC2CCC1O2. The van der Waals surface area contributed by atoms with E-state index >= 15 is 0 Å². The van der Waals surface area contributed by atoms with Crippen molar-refractivity contribution in [2.75, 3.05) is 0 Å². The van der Waals surface area contributed by atoms with Crippen LogP contribution in [-0.4, -0.2) is 12.2 Å². The minimum Gasteiger partial charge on any atom is -0.459 e. The van der Waals surface area contributed by atoms with Crippen LogP contribution in [0.5, 0.6) is 0 Å². The molecule has 0 aliphatic carbocycles. The molecule has 2 bridgehead atoms. The first-order chi connectivity index (χ1) is 9.74. The van der Waals surface area contributed by atoms with E-state index in [1.165, 1.54) is 12.1 Å². The van der Waals surface area contributed by atoms with Gasteiger partial charge in [0.05, 0.1) is 18.2 Å². The molecule has 1 aromatic heterocycles. The maximum atomic E-state index is 13.3. The van der Waals surface area contributed by atoms with E-state index in [1.807, 2.05) is 6.07 Å². The fraction of sp³-hybridized carbons (Fsp3) is 0.467. The van der Waals surface area contributed by atoms with E-state index in [4.69, 9.17) is 15.0 Å². The number of nitrogens with one attached hydrogen (secondary N) is 1. The van der Waals surface area contributed by atoms with E-state index < -0.39 is 0 Å². The van der Waals surface area contributed by atoms with Gasteiger partial charge in [-0.15, -0.1) is 0 Å². The van der Waals surface area contributed by atoms with Crippen molar-refractivity contribution in [1.82, 2.24) is 5.43 Å². The molecule has 2 aliphatic heterocycles. The highest BCUT2D eigenvalue weighted by Gasteiger charge is 2.45. The molecule has 0 saturated carbocycles. The first-order valence-corrected chi connectivity index (χ1v) is 7.05. The molecule has 1 aromatic carbocycles. The summed E-state index contributed by atoms with van der Waals surface area (Å²) < 4.78 is 25.0. The van der Waals surface area contributed by atoms with Gasteiger partial charge in [0.15, 0.2) is 0 Å². The number of fused-ring (bicyclic) bond motifs is 3. The van der Waals surface area contributed by atoms with Crippen molar-refractivity contribution in [3.8, 4) is 0 Å². The molecule has 5 heteroatoms. The molecule has 2 fully saturated rings. The molecule has 3 N–H and O–H groups in total. The van der Waals surface area contributed by atoms with Gasteiger partial charge in [-0.25, -0.2) is 9.82 Å². The van der Waals surface area contributed by atoms with Crippen LogP contribution in [0.1, 0.15) is 31.1 Å². The van der Waals surface area contributed by atoms with Crippen molar-refractivity contribution < 1.29 is 13.5 Å². The number of hydrazine groups is 1. The first-order valence-electron chi connectivity index (χ1n) is 7.05. The van der Waals surface area contributed by atoms with Crippen molar-refractivity contribution in [2.45, 2.75) is 37.5 Å². The van der Waals surface area contributed by atoms with Crippen molar-refractivity contribution in [1.29, 1.82) is 0 Å². The molecule has 20 heavy (non-hydrogen) atoms. The van der Waals surface area contributed by atoms with Gasteiger partial charge in [-0.2, -0.15) is 0 Å². The molecule has 4 unspecified atom stereocenters. The zero-order chi connectivity index (χ0) is 13.7. The monoisotopic (exact) mass is 276 g/mol. The molecule has 0 spiro atoms. The molecule has 2 aromatic rings. The van der Waals surface area contributed by atoms with Crippen molar-refractivity contribution in [3.63, 3.8) is 0 Å². The average molecular weight is 276 g/mol. The second-order valence-corrected chi connectivity index (χ2v) is 5.75. The number of nitrogens with two attached hydrogens (primary N) is 1. The summed E-state index contributed by atoms with van der Waals surface area (Å²) in [4.78, 5) is 0. The Morgan fingerprint density at radius 3 is 2.90 bits per heavy atom. The molecule has 3 heterocycles. The van der Waals surface area contributed by atoms with E-state index in [1.54, 1.807) is 6.07 Å². The molecule has 4 atom stereocenters. The van der Waals surface area contributed by atoms with E-state index in [9.17, 15) is 4.39 Å². The Morgan fingerprint density at radius 1 is 1.30 bits per heavy atom. The number of furan rings is 1. The van der Waals surface area contributed by atoms with Crippen LogP contribution in [0.15, 0.2) is 28.7 Å². The zero-order valence-electron chi connectivity index (χ0n) is 11.0. The predicted molar refractivity (Wildman–Crippen MR) is 72.2 cm³/mol. The lowest BCUT2D eigenvalue weighted by Gasteiger charge is -2.26. The number of ether oxygens (including phenoxy) is 1. The third-order valence-corrected chi connectivity index (χ3v) is 4.56. The van der Waals surface area contributed by atoms with Gasteiger partial charge in [0, 0.05) is 11.3 Å². The largest absolute Gasteiger partial charge is 0.459 e. The van der Waals surface area contributed by atoms with E-state index in [2.05, 4.69) is 5.43 Å². The molecule has 4 rings (SSSR count). The number of rotatable bonds is 3. The van der Waals surface area contributed by atoms with Crippen molar-refractivity contribution in [2.24, 2.45) is 11.8 Å². The van der Waals surface area contributed by atoms with Gasteiger partial charge in [0.2, 0.25) is 0 Å². The Morgan fingerprint density at radius 2 is 2.20 bits per heavy atom. The first kappa shape index (κ1) is 12.3. The highest BCUT2D eigenvalue weighted by atomic mass is 19.1. The van der Waals surface area contributed by atoms with Crippen molar-refractivity contribution >= 4 is 11.0 Å². The van der Waals surface area contributed by atoms with E-state index in [0.717, 1.165) is 30.4 Å². The maximum absolute atomic E-state index is 13.3. The highest BCUT2D eigenvalue weighted by molar-refractivity contribution is 5.78. The minimum atomic E-state index is -0.259. The Bertz CT molecular complexity index is 642. The summed E-state index contributed by atoms with van der Waals surface area (Å²) in [5.74, 6) is 6.55. The lowest BCUT2D eigenvalue weighted by Crippen LogP contribution is -2.37. The molecule has 0 radical (unpaired) electrons. The van der Waals surface area contributed by atoms with Gasteiger partial charge in [0.25, 0.3) is 0 Å². The molecule has 2 saturated heterocycles. The maximum Gasteiger partial charge on any atom is 0.134 e. The van der Waals surface area contributed by atoms with Gasteiger partial charge in [-0.1, -0.05) is 0 Å². The van der Waals surface area contributed by atoms with Crippen LogP contribution in [0.25, 0.3) is 11.0 Å². The minimum absolute atomic E-state index is 0.0826. The Balaban J connectivity index is 1.69. The molecule has 2 aliphatic rings. The van der Waals surface area contributed by atoms with Crippen LogP contribution in [0.3, 0.4) is 0 Å². The third kappa shape index (κ3) is 1.85. The number of hydrogen-bond donors (Lipinski definition) is 2. The number of hydrogen-bond acceptors (Lipinski definition) is 4. The summed E-state index contributed by atoms with van der Waals surface area (Å²) in [6.07, 6.45) is 3.85. The average Bonchev–Trinajstić information content (AvgIpc) is 3.13. The van der Waals surface area contributed by atoms with Gasteiger partial charge < -0.3 is 9.15 Å². The van der Waals surface area contributed by atoms with Crippen LogP contribution in [0, 0.1) is 11.7 Å². The fourth-order valence-corrected chi connectivity index (χ4v) is 3.63. The quantitative estimate of drug-likeness (QED) is 0.668. The predicted octanol–water partition coefficient (Wildman–Crippen LogP) is 2.64. The fourth-order valence-electron chi connectivity index (χ4n) is 3.63. The summed E-state index contributed by atoms with van der Waals surface area (Å²) in [6.45, 7) is 0. The van der Waals surface area contributed by atoms with E-state index in [-0.39, 0.29) is 18.0 Å². The molecule has 0 amide bonds. The van der Waals surface area contributed by atoms with Gasteiger partial charge in [0.1, 0.15) is 17.2 Å². The third-order valence-electron chi connectivity index (χ3n) is 4.56. The lowest BCUT2D eigenvalue weighted by atomic mass is 9.83. The summed E-state index contributed by atoms with van der Waals surface area (Å²) in [7, 11) is 0. The summed E-state index contributed by atoms with van der Waals surface area (Å²) in [5.41, 5.74) is 3.54. The summed E-state index contributed by atoms with van der Waals surface area (Å²) in [6, 6.07) is 6.32. The lowest BCUT2D eigenvalue weighted by molar-refractivity contribution is 0.0838. The molecular weight excluding hydrogens is 259 g/mol. The van der Waals surface area contributed by atoms with Crippen LogP contribution >= 0.6 is 0 Å². The smallest absolute Gasteiger partial charge is 0.134 e. The Labute approximate surface area is 116 Å². The van der Waals surface area contributed by atoms with Crippen molar-refractivity contribution in [3.05, 3.63) is 35.8 Å². The molecule has 106 valence electrons. The number of halogens is 1. The van der Waals surface area contributed by atoms with Crippen LogP contribution in [0.4, 0.5) is 4.39 Å². The second kappa shape index (κ2) is 4.55. The highest BCUT2D eigenvalue weighted by Crippen LogP contribution is 2.45. The second-order valence-electron chi connectivity index (χ2n) is 5.75. The van der Waals surface area contributed by atoms with Gasteiger partial charge in [-0.3, -0.25) is 5.84 Å². The van der Waals surface area contributed by atoms with E-state index in [0.29, 0.717) is 17.6 Å². The molecule has 4 nitrogen and oxygen atoms in total. The standard InChI is InChI=1S/C15H17FN2O2/c16-9-1-3-12-8(5-9)6-14(20-12)15(18-17)11-7-10-2-4-13(11)19-10/h1,3,5-6,10-11,13,15,18H,2,4,7,17H2. The van der Waals surface area contributed by atoms with Gasteiger partial charge in [-0.05, 0) is 43.5 Å². The van der Waals surface area contributed by atoms with Crippen LogP contribution in [0.2, 0.25) is 0 Å². The van der Waals surface area contributed by atoms with Gasteiger partial charge >= 0.3 is 0 Å². The normalized spacial score (nSPS) is 30.2.